The van der Waals surface area contributed by atoms with Crippen LogP contribution in [0.2, 0.25) is 0 Å². The van der Waals surface area contributed by atoms with Gasteiger partial charge in [0, 0.05) is 18.9 Å². The molecule has 2 N–H and O–H groups in total. The van der Waals surface area contributed by atoms with E-state index in [1.807, 2.05) is 14.1 Å². The molecular formula is C16H20FN5O. The van der Waals surface area contributed by atoms with Gasteiger partial charge in [-0.2, -0.15) is 0 Å². The van der Waals surface area contributed by atoms with E-state index in [-0.39, 0.29) is 23.4 Å². The molecule has 1 aromatic carbocycles. The lowest BCUT2D eigenvalue weighted by Gasteiger charge is -2.10. The summed E-state index contributed by atoms with van der Waals surface area (Å²) in [6.45, 7) is 1.49. The molecular weight excluding hydrogens is 297 g/mol. The predicted octanol–water partition coefficient (Wildman–Crippen LogP) is 2.04. The molecule has 1 amide bonds. The largest absolute Gasteiger partial charge is 0.352 e. The summed E-state index contributed by atoms with van der Waals surface area (Å²) in [5.41, 5.74) is 0.655. The quantitative estimate of drug-likeness (QED) is 0.765. The Morgan fingerprint density at radius 2 is 1.91 bits per heavy atom. The Morgan fingerprint density at radius 1 is 1.22 bits per heavy atom. The molecule has 7 heteroatoms. The highest BCUT2D eigenvalue weighted by Crippen LogP contribution is 2.16. The average Bonchev–Trinajstić information content (AvgIpc) is 2.54. The number of para-hydroxylation sites is 1. The topological polar surface area (TPSA) is 70.2 Å². The lowest BCUT2D eigenvalue weighted by Crippen LogP contribution is -2.27. The molecule has 23 heavy (non-hydrogen) atoms. The lowest BCUT2D eigenvalue weighted by atomic mass is 10.3. The first-order valence-corrected chi connectivity index (χ1v) is 7.33. The first-order valence-electron chi connectivity index (χ1n) is 7.33. The van der Waals surface area contributed by atoms with Crippen molar-refractivity contribution in [3.8, 4) is 0 Å². The predicted molar refractivity (Wildman–Crippen MR) is 87.2 cm³/mol. The van der Waals surface area contributed by atoms with Crippen LogP contribution < -0.4 is 10.6 Å². The molecule has 0 spiro atoms. The summed E-state index contributed by atoms with van der Waals surface area (Å²) in [7, 11) is 3.97. The van der Waals surface area contributed by atoms with Gasteiger partial charge in [0.05, 0.1) is 11.3 Å². The number of hydrogen-bond donors (Lipinski definition) is 2. The maximum Gasteiger partial charge on any atom is 0.254 e. The van der Waals surface area contributed by atoms with Crippen molar-refractivity contribution in [2.75, 3.05) is 32.5 Å². The number of carbonyl (C=O) groups excluding carboxylic acids is 1. The van der Waals surface area contributed by atoms with Crippen molar-refractivity contribution in [2.24, 2.45) is 0 Å². The van der Waals surface area contributed by atoms with Crippen LogP contribution in [0, 0.1) is 5.82 Å². The zero-order chi connectivity index (χ0) is 16.7. The minimum Gasteiger partial charge on any atom is -0.352 e. The van der Waals surface area contributed by atoms with Crippen LogP contribution in [0.3, 0.4) is 0 Å². The highest BCUT2D eigenvalue weighted by atomic mass is 19.1. The summed E-state index contributed by atoms with van der Waals surface area (Å²) >= 11 is 0. The molecule has 1 aromatic heterocycles. The van der Waals surface area contributed by atoms with Gasteiger partial charge < -0.3 is 15.5 Å². The van der Waals surface area contributed by atoms with Gasteiger partial charge >= 0.3 is 0 Å². The normalized spacial score (nSPS) is 10.6. The van der Waals surface area contributed by atoms with Gasteiger partial charge in [-0.1, -0.05) is 12.1 Å². The molecule has 0 radical (unpaired) electrons. The fraction of sp³-hybridized carbons (Fsp3) is 0.312. The van der Waals surface area contributed by atoms with Gasteiger partial charge in [0.2, 0.25) is 5.95 Å². The Kier molecular flexibility index (Phi) is 5.99. The molecule has 0 fully saturated rings. The fourth-order valence-corrected chi connectivity index (χ4v) is 1.89. The van der Waals surface area contributed by atoms with E-state index in [1.165, 1.54) is 18.5 Å². The monoisotopic (exact) mass is 317 g/mol. The van der Waals surface area contributed by atoms with Crippen LogP contribution in [0.4, 0.5) is 16.0 Å². The van der Waals surface area contributed by atoms with Gasteiger partial charge in [-0.25, -0.2) is 14.4 Å². The highest BCUT2D eigenvalue weighted by molar-refractivity contribution is 5.93. The molecule has 0 aliphatic rings. The zero-order valence-electron chi connectivity index (χ0n) is 13.2. The standard InChI is InChI=1S/C16H20FN5O/c1-22(2)9-5-8-18-15(23)12-10-19-16(20-11-12)21-14-7-4-3-6-13(14)17/h3-4,6-7,10-11H,5,8-9H2,1-2H3,(H,18,23)(H,19,20,21). The molecule has 0 unspecified atom stereocenters. The maximum absolute atomic E-state index is 13.5. The average molecular weight is 317 g/mol. The first kappa shape index (κ1) is 16.8. The summed E-state index contributed by atoms with van der Waals surface area (Å²) in [6.07, 6.45) is 3.70. The highest BCUT2D eigenvalue weighted by Gasteiger charge is 2.08. The molecule has 0 saturated heterocycles. The second-order valence-electron chi connectivity index (χ2n) is 5.31. The molecule has 2 aromatic rings. The molecule has 122 valence electrons. The number of carbonyl (C=O) groups is 1. The van der Waals surface area contributed by atoms with Crippen molar-refractivity contribution in [2.45, 2.75) is 6.42 Å². The Bertz CT molecular complexity index is 645. The Morgan fingerprint density at radius 3 is 2.57 bits per heavy atom. The Hall–Kier alpha value is -2.54. The summed E-state index contributed by atoms with van der Waals surface area (Å²) in [6, 6.07) is 6.24. The molecule has 0 aliphatic heterocycles. The summed E-state index contributed by atoms with van der Waals surface area (Å²) < 4.78 is 13.5. The van der Waals surface area contributed by atoms with E-state index in [9.17, 15) is 9.18 Å². The number of benzene rings is 1. The second-order valence-corrected chi connectivity index (χ2v) is 5.31. The van der Waals surface area contributed by atoms with Crippen molar-refractivity contribution in [3.63, 3.8) is 0 Å². The second kappa shape index (κ2) is 8.19. The third-order valence-corrected chi connectivity index (χ3v) is 3.10. The van der Waals surface area contributed by atoms with Crippen molar-refractivity contribution in [3.05, 3.63) is 48.0 Å². The van der Waals surface area contributed by atoms with Crippen molar-refractivity contribution in [1.82, 2.24) is 20.2 Å². The van der Waals surface area contributed by atoms with Crippen LogP contribution in [0.1, 0.15) is 16.8 Å². The van der Waals surface area contributed by atoms with Crippen molar-refractivity contribution >= 4 is 17.5 Å². The van der Waals surface area contributed by atoms with Gasteiger partial charge in [0.15, 0.2) is 0 Å². The molecule has 2 rings (SSSR count). The van der Waals surface area contributed by atoms with Crippen LogP contribution in [0.25, 0.3) is 0 Å². The third kappa shape index (κ3) is 5.30. The first-order chi connectivity index (χ1) is 11.1. The van der Waals surface area contributed by atoms with Crippen LogP contribution in [0.15, 0.2) is 36.7 Å². The van der Waals surface area contributed by atoms with Crippen molar-refractivity contribution < 1.29 is 9.18 Å². The number of nitrogens with zero attached hydrogens (tertiary/aromatic N) is 3. The van der Waals surface area contributed by atoms with E-state index in [0.29, 0.717) is 12.1 Å². The molecule has 0 atom stereocenters. The number of nitrogens with one attached hydrogen (secondary N) is 2. The maximum atomic E-state index is 13.5. The van der Waals surface area contributed by atoms with E-state index in [0.717, 1.165) is 13.0 Å². The molecule has 1 heterocycles. The molecule has 0 bridgehead atoms. The number of aromatic nitrogens is 2. The Balaban J connectivity index is 1.89. The zero-order valence-corrected chi connectivity index (χ0v) is 13.2. The van der Waals surface area contributed by atoms with Gasteiger partial charge in [-0.15, -0.1) is 0 Å². The van der Waals surface area contributed by atoms with E-state index < -0.39 is 0 Å². The smallest absolute Gasteiger partial charge is 0.254 e. The van der Waals surface area contributed by atoms with Gasteiger partial charge in [0.1, 0.15) is 5.82 Å². The third-order valence-electron chi connectivity index (χ3n) is 3.10. The van der Waals surface area contributed by atoms with Crippen LogP contribution in [0.5, 0.6) is 0 Å². The number of anilines is 2. The number of halogens is 1. The Labute approximate surface area is 134 Å². The summed E-state index contributed by atoms with van der Waals surface area (Å²) in [4.78, 5) is 22.1. The van der Waals surface area contributed by atoms with E-state index >= 15 is 0 Å². The van der Waals surface area contributed by atoms with Crippen LogP contribution >= 0.6 is 0 Å². The van der Waals surface area contributed by atoms with Gasteiger partial charge in [0.25, 0.3) is 5.91 Å². The summed E-state index contributed by atoms with van der Waals surface area (Å²) in [5.74, 6) is -0.376. The molecule has 6 nitrogen and oxygen atoms in total. The fourth-order valence-electron chi connectivity index (χ4n) is 1.89. The summed E-state index contributed by atoms with van der Waals surface area (Å²) in [5, 5.41) is 5.58. The SMILES string of the molecule is CN(C)CCCNC(=O)c1cnc(Nc2ccccc2F)nc1. The van der Waals surface area contributed by atoms with Crippen LogP contribution in [-0.2, 0) is 0 Å². The van der Waals surface area contributed by atoms with Crippen LogP contribution in [-0.4, -0.2) is 48.0 Å². The van der Waals surface area contributed by atoms with Crippen molar-refractivity contribution in [1.29, 1.82) is 0 Å². The van der Waals surface area contributed by atoms with E-state index in [4.69, 9.17) is 0 Å². The van der Waals surface area contributed by atoms with E-state index in [2.05, 4.69) is 25.5 Å². The van der Waals surface area contributed by atoms with E-state index in [1.54, 1.807) is 18.2 Å². The molecule has 0 saturated carbocycles. The number of rotatable bonds is 7. The minimum absolute atomic E-state index is 0.221. The number of hydrogen-bond acceptors (Lipinski definition) is 5. The molecule has 0 aliphatic carbocycles. The minimum atomic E-state index is -0.390. The van der Waals surface area contributed by atoms with Gasteiger partial charge in [-0.05, 0) is 39.2 Å². The number of amides is 1. The lowest BCUT2D eigenvalue weighted by molar-refractivity contribution is 0.0951. The van der Waals surface area contributed by atoms with Gasteiger partial charge in [-0.3, -0.25) is 4.79 Å².